The fourth-order valence-electron chi connectivity index (χ4n) is 4.58. The molecular weight excluding hydrogens is 695 g/mol. The SMILES string of the molecule is CC(=O)N(NCc1cccc(F)c1Cl)[C@H](COC(=O)Nc1cc(-c2ccccc2)on1)CN(CC(F)F)C(=O)NCc1cccc(F)c1Cl. The summed E-state index contributed by atoms with van der Waals surface area (Å²) in [6, 6.07) is 16.0. The highest BCUT2D eigenvalue weighted by Gasteiger charge is 2.30. The first-order valence-electron chi connectivity index (χ1n) is 14.6. The van der Waals surface area contributed by atoms with Gasteiger partial charge in [-0.25, -0.2) is 32.6 Å². The second kappa shape index (κ2) is 17.5. The van der Waals surface area contributed by atoms with E-state index in [1.54, 1.807) is 24.3 Å². The number of anilines is 1. The standard InChI is InChI=1S/C32H30Cl2F4N6O5/c1-19(45)44(40-15-22-10-6-12-25(36)30(22)34)23(18-48-32(47)41-28-13-26(49-42-28)20-7-3-2-4-8-20)16-43(17-27(37)38)31(46)39-14-21-9-5-11-24(35)29(21)33/h2-13,23,27,40H,14-18H2,1H3,(H,39,46)(H,41,42,47)/t23-/m0/s1. The predicted octanol–water partition coefficient (Wildman–Crippen LogP) is 6.87. The van der Waals surface area contributed by atoms with Gasteiger partial charge in [-0.05, 0) is 23.3 Å². The summed E-state index contributed by atoms with van der Waals surface area (Å²) in [5.74, 6) is -1.78. The van der Waals surface area contributed by atoms with Crippen molar-refractivity contribution in [3.8, 4) is 11.3 Å². The highest BCUT2D eigenvalue weighted by Crippen LogP contribution is 2.23. The summed E-state index contributed by atoms with van der Waals surface area (Å²) in [4.78, 5) is 39.5. The van der Waals surface area contributed by atoms with Gasteiger partial charge in [-0.1, -0.05) is 83.0 Å². The van der Waals surface area contributed by atoms with E-state index < -0.39 is 61.8 Å². The number of urea groups is 1. The number of aromatic nitrogens is 1. The molecule has 0 aliphatic rings. The van der Waals surface area contributed by atoms with E-state index in [2.05, 4.69) is 21.2 Å². The molecule has 1 aromatic heterocycles. The minimum atomic E-state index is -3.01. The predicted molar refractivity (Wildman–Crippen MR) is 173 cm³/mol. The Morgan fingerprint density at radius 1 is 0.898 bits per heavy atom. The zero-order chi connectivity index (χ0) is 35.5. The Labute approximate surface area is 288 Å². The lowest BCUT2D eigenvalue weighted by molar-refractivity contribution is -0.136. The second-order valence-electron chi connectivity index (χ2n) is 10.4. The van der Waals surface area contributed by atoms with Crippen LogP contribution in [0.15, 0.2) is 77.3 Å². The fourth-order valence-corrected chi connectivity index (χ4v) is 4.96. The van der Waals surface area contributed by atoms with Gasteiger partial charge in [0.1, 0.15) is 24.3 Å². The molecular formula is C32H30Cl2F4N6O5. The van der Waals surface area contributed by atoms with Crippen LogP contribution in [0.1, 0.15) is 18.1 Å². The Morgan fingerprint density at radius 2 is 1.53 bits per heavy atom. The maximum Gasteiger partial charge on any atom is 0.412 e. The molecule has 0 aliphatic carbocycles. The van der Waals surface area contributed by atoms with Crippen molar-refractivity contribution in [2.45, 2.75) is 32.5 Å². The number of nitrogens with zero attached hydrogens (tertiary/aromatic N) is 3. The van der Waals surface area contributed by atoms with E-state index in [1.807, 2.05) is 6.07 Å². The molecule has 260 valence electrons. The molecule has 17 heteroatoms. The van der Waals surface area contributed by atoms with E-state index >= 15 is 0 Å². The number of carbonyl (C=O) groups excluding carboxylic acids is 3. The Hall–Kier alpha value is -4.86. The van der Waals surface area contributed by atoms with Crippen LogP contribution in [-0.4, -0.2) is 65.3 Å². The normalized spacial score (nSPS) is 11.6. The third-order valence-corrected chi connectivity index (χ3v) is 7.77. The van der Waals surface area contributed by atoms with Gasteiger partial charge in [0.05, 0.1) is 16.6 Å². The van der Waals surface area contributed by atoms with Gasteiger partial charge in [0.2, 0.25) is 5.91 Å². The van der Waals surface area contributed by atoms with E-state index in [4.69, 9.17) is 32.5 Å². The summed E-state index contributed by atoms with van der Waals surface area (Å²) in [6.45, 7) is -1.69. The molecule has 4 amide bonds. The van der Waals surface area contributed by atoms with E-state index in [-0.39, 0.29) is 40.1 Å². The summed E-state index contributed by atoms with van der Waals surface area (Å²) in [5, 5.41) is 9.04. The second-order valence-corrected chi connectivity index (χ2v) is 11.2. The van der Waals surface area contributed by atoms with Crippen molar-refractivity contribution in [2.24, 2.45) is 0 Å². The molecule has 1 heterocycles. The van der Waals surface area contributed by atoms with Crippen molar-refractivity contribution in [3.05, 3.63) is 106 Å². The zero-order valence-electron chi connectivity index (χ0n) is 25.8. The number of ether oxygens (including phenoxy) is 1. The van der Waals surface area contributed by atoms with Crippen LogP contribution >= 0.6 is 23.2 Å². The van der Waals surface area contributed by atoms with Gasteiger partial charge >= 0.3 is 12.1 Å². The van der Waals surface area contributed by atoms with E-state index in [9.17, 15) is 31.9 Å². The highest BCUT2D eigenvalue weighted by atomic mass is 35.5. The quantitative estimate of drug-likeness (QED) is 0.0956. The van der Waals surface area contributed by atoms with Gasteiger partial charge < -0.3 is 19.5 Å². The van der Waals surface area contributed by atoms with Gasteiger partial charge in [-0.3, -0.25) is 15.1 Å². The molecule has 0 saturated heterocycles. The molecule has 0 aliphatic heterocycles. The van der Waals surface area contributed by atoms with Crippen molar-refractivity contribution in [1.29, 1.82) is 0 Å². The van der Waals surface area contributed by atoms with Crippen LogP contribution in [0.25, 0.3) is 11.3 Å². The Bertz CT molecular complexity index is 1750. The van der Waals surface area contributed by atoms with Crippen LogP contribution in [0.5, 0.6) is 0 Å². The molecule has 0 bridgehead atoms. The van der Waals surface area contributed by atoms with E-state index in [1.165, 1.54) is 30.3 Å². The summed E-state index contributed by atoms with van der Waals surface area (Å²) in [7, 11) is 0. The summed E-state index contributed by atoms with van der Waals surface area (Å²) >= 11 is 12.0. The maximum absolute atomic E-state index is 14.1. The van der Waals surface area contributed by atoms with Crippen LogP contribution in [0.3, 0.4) is 0 Å². The molecule has 0 saturated carbocycles. The van der Waals surface area contributed by atoms with Crippen molar-refractivity contribution in [1.82, 2.24) is 25.8 Å². The van der Waals surface area contributed by atoms with Crippen LogP contribution in [0.2, 0.25) is 10.0 Å². The lowest BCUT2D eigenvalue weighted by atomic mass is 10.2. The Kier molecular flexibility index (Phi) is 13.2. The zero-order valence-corrected chi connectivity index (χ0v) is 27.3. The fraction of sp³-hybridized carbons (Fsp3) is 0.250. The lowest BCUT2D eigenvalue weighted by Crippen LogP contribution is -2.57. The molecule has 11 nitrogen and oxygen atoms in total. The van der Waals surface area contributed by atoms with Crippen LogP contribution in [0.4, 0.5) is 33.0 Å². The number of hydrogen-bond acceptors (Lipinski definition) is 7. The van der Waals surface area contributed by atoms with Crippen molar-refractivity contribution < 1.29 is 41.2 Å². The van der Waals surface area contributed by atoms with Crippen LogP contribution in [-0.2, 0) is 22.6 Å². The molecule has 0 spiro atoms. The number of halogens is 6. The Balaban J connectivity index is 1.52. The van der Waals surface area contributed by atoms with Crippen molar-refractivity contribution in [3.63, 3.8) is 0 Å². The summed E-state index contributed by atoms with van der Waals surface area (Å²) in [6.07, 6.45) is -4.05. The molecule has 0 unspecified atom stereocenters. The lowest BCUT2D eigenvalue weighted by Gasteiger charge is -2.35. The van der Waals surface area contributed by atoms with Crippen molar-refractivity contribution in [2.75, 3.05) is 25.0 Å². The third-order valence-electron chi connectivity index (χ3n) is 6.92. The number of rotatable bonds is 14. The molecule has 3 N–H and O–H groups in total. The highest BCUT2D eigenvalue weighted by molar-refractivity contribution is 6.31. The number of carbonyl (C=O) groups is 3. The number of amides is 4. The number of hydrazine groups is 1. The molecule has 3 aromatic carbocycles. The van der Waals surface area contributed by atoms with Gasteiger partial charge in [0.15, 0.2) is 11.6 Å². The molecule has 49 heavy (non-hydrogen) atoms. The van der Waals surface area contributed by atoms with E-state index in [0.29, 0.717) is 16.2 Å². The topological polar surface area (TPSA) is 129 Å². The minimum absolute atomic E-state index is 0.00240. The first-order valence-corrected chi connectivity index (χ1v) is 15.3. The molecule has 0 fully saturated rings. The molecule has 4 rings (SSSR count). The maximum atomic E-state index is 14.1. The number of hydrogen-bond donors (Lipinski definition) is 3. The average molecular weight is 726 g/mol. The smallest absolute Gasteiger partial charge is 0.412 e. The molecule has 4 aromatic rings. The van der Waals surface area contributed by atoms with Gasteiger partial charge in [-0.15, -0.1) is 0 Å². The summed E-state index contributed by atoms with van der Waals surface area (Å²) in [5.41, 5.74) is 3.88. The number of benzene rings is 3. The first kappa shape index (κ1) is 37.0. The number of nitrogens with one attached hydrogen (secondary N) is 3. The largest absolute Gasteiger partial charge is 0.447 e. The van der Waals surface area contributed by atoms with Gasteiger partial charge in [0.25, 0.3) is 6.43 Å². The van der Waals surface area contributed by atoms with Crippen molar-refractivity contribution >= 4 is 47.1 Å². The number of alkyl halides is 2. The van der Waals surface area contributed by atoms with Crippen LogP contribution in [0, 0.1) is 11.6 Å². The summed E-state index contributed by atoms with van der Waals surface area (Å²) < 4.78 is 66.0. The first-order chi connectivity index (χ1) is 23.4. The molecule has 0 radical (unpaired) electrons. The monoisotopic (exact) mass is 724 g/mol. The van der Waals surface area contributed by atoms with Crippen LogP contribution < -0.4 is 16.1 Å². The third kappa shape index (κ3) is 10.6. The minimum Gasteiger partial charge on any atom is -0.447 e. The van der Waals surface area contributed by atoms with Gasteiger partial charge in [-0.2, -0.15) is 0 Å². The van der Waals surface area contributed by atoms with Gasteiger partial charge in [0, 0.05) is 38.2 Å². The van der Waals surface area contributed by atoms with E-state index in [0.717, 1.165) is 24.1 Å². The average Bonchev–Trinajstić information content (AvgIpc) is 3.54. The Morgan fingerprint density at radius 3 is 2.14 bits per heavy atom. The molecule has 1 atom stereocenters.